The van der Waals surface area contributed by atoms with Gasteiger partial charge in [0.25, 0.3) is 0 Å². The number of hydrogen-bond donors (Lipinski definition) is 2. The van der Waals surface area contributed by atoms with Gasteiger partial charge in [0.1, 0.15) is 11.8 Å². The maximum absolute atomic E-state index is 4.23. The fourth-order valence-electron chi connectivity index (χ4n) is 2.09. The molecule has 3 rings (SSSR count). The van der Waals surface area contributed by atoms with Crippen molar-refractivity contribution in [3.8, 4) is 0 Å². The number of imidazole rings is 1. The molecule has 2 N–H and O–H groups in total. The van der Waals surface area contributed by atoms with E-state index < -0.39 is 0 Å². The molecule has 2 aromatic heterocycles. The number of fused-ring (bicyclic) bond motifs is 1. The predicted molar refractivity (Wildman–Crippen MR) is 57.5 cm³/mol. The van der Waals surface area contributed by atoms with Crippen LogP contribution < -0.4 is 5.32 Å². The lowest BCUT2D eigenvalue weighted by Crippen LogP contribution is -2.34. The summed E-state index contributed by atoms with van der Waals surface area (Å²) < 4.78 is 0. The summed E-state index contributed by atoms with van der Waals surface area (Å²) in [6, 6.07) is 0.557. The lowest BCUT2D eigenvalue weighted by molar-refractivity contribution is 0.309. The van der Waals surface area contributed by atoms with Crippen molar-refractivity contribution < 1.29 is 0 Å². The molecule has 0 atom stereocenters. The molecule has 0 unspecified atom stereocenters. The van der Waals surface area contributed by atoms with Crippen molar-refractivity contribution in [2.45, 2.75) is 25.8 Å². The summed E-state index contributed by atoms with van der Waals surface area (Å²) in [5.74, 6) is 1.70. The zero-order valence-corrected chi connectivity index (χ0v) is 8.57. The molecule has 0 bridgehead atoms. The van der Waals surface area contributed by atoms with E-state index in [0.717, 1.165) is 22.9 Å². The molecule has 0 radical (unpaired) electrons. The number of nitrogens with zero attached hydrogens (tertiary/aromatic N) is 3. The maximum Gasteiger partial charge on any atom is 0.182 e. The summed E-state index contributed by atoms with van der Waals surface area (Å²) in [7, 11) is 0. The largest absolute Gasteiger partial charge is 0.365 e. The third-order valence-corrected chi connectivity index (χ3v) is 2.94. The Balaban J connectivity index is 1.87. The van der Waals surface area contributed by atoms with Crippen LogP contribution in [0, 0.1) is 5.92 Å². The third kappa shape index (κ3) is 1.44. The highest BCUT2D eigenvalue weighted by Crippen LogP contribution is 2.29. The van der Waals surface area contributed by atoms with Crippen LogP contribution in [0.2, 0.25) is 0 Å². The first-order valence-corrected chi connectivity index (χ1v) is 5.23. The lowest BCUT2D eigenvalue weighted by Gasteiger charge is -2.33. The van der Waals surface area contributed by atoms with Gasteiger partial charge in [0.15, 0.2) is 11.5 Å². The van der Waals surface area contributed by atoms with E-state index in [4.69, 9.17) is 0 Å². The fraction of sp³-hybridized carbons (Fsp3) is 0.500. The average molecular weight is 203 g/mol. The Bertz CT molecular complexity index is 471. The molecule has 1 fully saturated rings. The van der Waals surface area contributed by atoms with Gasteiger partial charge in [0, 0.05) is 6.04 Å². The van der Waals surface area contributed by atoms with E-state index >= 15 is 0 Å². The van der Waals surface area contributed by atoms with Crippen molar-refractivity contribution in [3.05, 3.63) is 12.7 Å². The predicted octanol–water partition coefficient (Wildman–Crippen LogP) is 1.56. The van der Waals surface area contributed by atoms with Gasteiger partial charge in [0.05, 0.1) is 6.33 Å². The molecule has 1 aliphatic carbocycles. The molecule has 0 aliphatic heterocycles. The molecule has 1 aliphatic rings. The Hall–Kier alpha value is -1.65. The van der Waals surface area contributed by atoms with Crippen LogP contribution in [0.25, 0.3) is 11.2 Å². The highest BCUT2D eigenvalue weighted by Gasteiger charge is 2.25. The van der Waals surface area contributed by atoms with Gasteiger partial charge in [-0.1, -0.05) is 6.92 Å². The summed E-state index contributed by atoms with van der Waals surface area (Å²) >= 11 is 0. The van der Waals surface area contributed by atoms with Crippen LogP contribution in [0.15, 0.2) is 12.7 Å². The summed E-state index contributed by atoms with van der Waals surface area (Å²) in [6.45, 7) is 2.27. The van der Waals surface area contributed by atoms with Crippen molar-refractivity contribution in [2.75, 3.05) is 5.32 Å². The molecule has 0 saturated heterocycles. The van der Waals surface area contributed by atoms with Gasteiger partial charge < -0.3 is 10.3 Å². The molecule has 5 heteroatoms. The molecule has 2 aromatic rings. The molecule has 0 amide bonds. The standard InChI is InChI=1S/C10H13N5/c1-6-2-7(3-6)15-10-8-9(12-4-11-8)13-5-14-10/h4-7H,2-3H2,1H3,(H2,11,12,13,14,15). The molecule has 0 spiro atoms. The number of nitrogens with one attached hydrogen (secondary N) is 2. The zero-order chi connectivity index (χ0) is 10.3. The quantitative estimate of drug-likeness (QED) is 0.777. The topological polar surface area (TPSA) is 66.5 Å². The molecule has 1 saturated carbocycles. The molecule has 2 heterocycles. The minimum atomic E-state index is 0.557. The van der Waals surface area contributed by atoms with Crippen LogP contribution in [0.5, 0.6) is 0 Å². The van der Waals surface area contributed by atoms with Gasteiger partial charge in [-0.2, -0.15) is 0 Å². The van der Waals surface area contributed by atoms with Crippen LogP contribution >= 0.6 is 0 Å². The van der Waals surface area contributed by atoms with E-state index in [1.54, 1.807) is 12.7 Å². The van der Waals surface area contributed by atoms with E-state index in [0.29, 0.717) is 6.04 Å². The van der Waals surface area contributed by atoms with Crippen molar-refractivity contribution in [2.24, 2.45) is 5.92 Å². The Morgan fingerprint density at radius 3 is 3.00 bits per heavy atom. The Morgan fingerprint density at radius 2 is 2.20 bits per heavy atom. The first-order chi connectivity index (χ1) is 7.33. The zero-order valence-electron chi connectivity index (χ0n) is 8.57. The van der Waals surface area contributed by atoms with Crippen molar-refractivity contribution >= 4 is 17.0 Å². The molecule has 78 valence electrons. The van der Waals surface area contributed by atoms with Gasteiger partial charge in [-0.15, -0.1) is 0 Å². The summed E-state index contributed by atoms with van der Waals surface area (Å²) in [5, 5.41) is 3.42. The highest BCUT2D eigenvalue weighted by atomic mass is 15.1. The Morgan fingerprint density at radius 1 is 1.33 bits per heavy atom. The van der Waals surface area contributed by atoms with Gasteiger partial charge in [-0.05, 0) is 18.8 Å². The van der Waals surface area contributed by atoms with E-state index in [2.05, 4.69) is 32.2 Å². The van der Waals surface area contributed by atoms with Gasteiger partial charge in [-0.3, -0.25) is 0 Å². The van der Waals surface area contributed by atoms with Gasteiger partial charge >= 0.3 is 0 Å². The summed E-state index contributed by atoms with van der Waals surface area (Å²) in [6.07, 6.45) is 5.64. The summed E-state index contributed by atoms with van der Waals surface area (Å²) in [5.41, 5.74) is 1.62. The minimum absolute atomic E-state index is 0.557. The van der Waals surface area contributed by atoms with Gasteiger partial charge in [0.2, 0.25) is 0 Å². The molecule has 5 nitrogen and oxygen atoms in total. The summed E-state index contributed by atoms with van der Waals surface area (Å²) in [4.78, 5) is 15.5. The number of aromatic amines is 1. The average Bonchev–Trinajstić information content (AvgIpc) is 2.64. The Labute approximate surface area is 87.3 Å². The van der Waals surface area contributed by atoms with Crippen LogP contribution in [0.1, 0.15) is 19.8 Å². The Kier molecular flexibility index (Phi) is 1.83. The van der Waals surface area contributed by atoms with Crippen LogP contribution in [0.3, 0.4) is 0 Å². The molecule has 0 aromatic carbocycles. The second-order valence-corrected chi connectivity index (χ2v) is 4.24. The normalized spacial score (nSPS) is 25.1. The van der Waals surface area contributed by atoms with E-state index in [9.17, 15) is 0 Å². The fourth-order valence-corrected chi connectivity index (χ4v) is 2.09. The molecular weight excluding hydrogens is 190 g/mol. The minimum Gasteiger partial charge on any atom is -0.365 e. The number of aromatic nitrogens is 4. The van der Waals surface area contributed by atoms with Crippen molar-refractivity contribution in [1.82, 2.24) is 19.9 Å². The maximum atomic E-state index is 4.23. The third-order valence-electron chi connectivity index (χ3n) is 2.94. The first-order valence-electron chi connectivity index (χ1n) is 5.23. The smallest absolute Gasteiger partial charge is 0.182 e. The number of hydrogen-bond acceptors (Lipinski definition) is 4. The lowest BCUT2D eigenvalue weighted by atomic mass is 9.82. The van der Waals surface area contributed by atoms with E-state index in [-0.39, 0.29) is 0 Å². The van der Waals surface area contributed by atoms with Crippen LogP contribution in [0.4, 0.5) is 5.82 Å². The second kappa shape index (κ2) is 3.18. The van der Waals surface area contributed by atoms with Crippen molar-refractivity contribution in [3.63, 3.8) is 0 Å². The van der Waals surface area contributed by atoms with E-state index in [1.807, 2.05) is 0 Å². The molecular formula is C10H13N5. The molecule has 15 heavy (non-hydrogen) atoms. The SMILES string of the molecule is CC1CC(Nc2ncnc3nc[nH]c23)C1. The van der Waals surface area contributed by atoms with Crippen LogP contribution in [-0.2, 0) is 0 Å². The van der Waals surface area contributed by atoms with E-state index in [1.165, 1.54) is 12.8 Å². The van der Waals surface area contributed by atoms with Crippen LogP contribution in [-0.4, -0.2) is 26.0 Å². The highest BCUT2D eigenvalue weighted by molar-refractivity contribution is 5.82. The first kappa shape index (κ1) is 8.64. The number of anilines is 1. The number of H-pyrrole nitrogens is 1. The number of rotatable bonds is 2. The second-order valence-electron chi connectivity index (χ2n) is 4.24. The van der Waals surface area contributed by atoms with Crippen molar-refractivity contribution in [1.29, 1.82) is 0 Å². The van der Waals surface area contributed by atoms with Gasteiger partial charge in [-0.25, -0.2) is 15.0 Å². The monoisotopic (exact) mass is 203 g/mol.